The van der Waals surface area contributed by atoms with Crippen LogP contribution in [0.5, 0.6) is 17.2 Å². The molecule has 0 saturated carbocycles. The number of nitrogens with zero attached hydrogens (tertiary/aromatic N) is 2. The second-order valence-corrected chi connectivity index (χ2v) is 6.83. The van der Waals surface area contributed by atoms with Crippen molar-refractivity contribution in [3.63, 3.8) is 0 Å². The SMILES string of the molecule is Cc1ccc(OCCSc2nnc([C@@H]3COc4ccccc4O3)o2)cc1. The van der Waals surface area contributed by atoms with Gasteiger partial charge in [0.25, 0.3) is 11.1 Å². The Bertz CT molecular complexity index is 866. The van der Waals surface area contributed by atoms with Crippen LogP contribution in [-0.2, 0) is 0 Å². The van der Waals surface area contributed by atoms with Crippen LogP contribution in [0.25, 0.3) is 0 Å². The monoisotopic (exact) mass is 370 g/mol. The van der Waals surface area contributed by atoms with Gasteiger partial charge in [0.1, 0.15) is 12.4 Å². The number of hydrogen-bond donors (Lipinski definition) is 0. The molecule has 0 N–H and O–H groups in total. The standard InChI is InChI=1S/C19H18N2O4S/c1-13-6-8-14(9-7-13)22-10-11-26-19-21-20-18(25-19)17-12-23-15-4-2-3-5-16(15)24-17/h2-9,17H,10-12H2,1H3/t17-/m0/s1. The van der Waals surface area contributed by atoms with Crippen molar-refractivity contribution in [2.45, 2.75) is 18.3 Å². The lowest BCUT2D eigenvalue weighted by molar-refractivity contribution is 0.0686. The zero-order chi connectivity index (χ0) is 17.8. The van der Waals surface area contributed by atoms with Gasteiger partial charge < -0.3 is 18.6 Å². The first-order valence-electron chi connectivity index (χ1n) is 8.32. The lowest BCUT2D eigenvalue weighted by Crippen LogP contribution is -2.21. The molecule has 0 radical (unpaired) electrons. The van der Waals surface area contributed by atoms with Gasteiger partial charge in [0.2, 0.25) is 6.10 Å². The van der Waals surface area contributed by atoms with E-state index in [1.54, 1.807) is 0 Å². The van der Waals surface area contributed by atoms with E-state index >= 15 is 0 Å². The van der Waals surface area contributed by atoms with Crippen molar-refractivity contribution in [3.05, 3.63) is 60.0 Å². The molecule has 6 nitrogen and oxygen atoms in total. The van der Waals surface area contributed by atoms with Crippen molar-refractivity contribution in [2.75, 3.05) is 19.0 Å². The van der Waals surface area contributed by atoms with E-state index in [0.717, 1.165) is 11.5 Å². The van der Waals surface area contributed by atoms with Gasteiger partial charge in [-0.25, -0.2) is 0 Å². The number of fused-ring (bicyclic) bond motifs is 1. The molecule has 26 heavy (non-hydrogen) atoms. The molecule has 1 aliphatic rings. The highest BCUT2D eigenvalue weighted by molar-refractivity contribution is 7.99. The Morgan fingerprint density at radius 3 is 2.73 bits per heavy atom. The highest BCUT2D eigenvalue weighted by Gasteiger charge is 2.27. The van der Waals surface area contributed by atoms with Gasteiger partial charge in [-0.3, -0.25) is 0 Å². The van der Waals surface area contributed by atoms with Gasteiger partial charge in [-0.15, -0.1) is 10.2 Å². The molecular formula is C19H18N2O4S. The average molecular weight is 370 g/mol. The van der Waals surface area contributed by atoms with E-state index in [4.69, 9.17) is 18.6 Å². The van der Waals surface area contributed by atoms with Crippen LogP contribution in [-0.4, -0.2) is 29.2 Å². The normalized spacial score (nSPS) is 15.7. The van der Waals surface area contributed by atoms with E-state index in [1.165, 1.54) is 17.3 Å². The summed E-state index contributed by atoms with van der Waals surface area (Å²) in [5, 5.41) is 8.63. The third-order valence-electron chi connectivity index (χ3n) is 3.80. The maximum atomic E-state index is 5.87. The molecule has 0 amide bonds. The molecule has 1 aliphatic heterocycles. The molecule has 2 aromatic carbocycles. The van der Waals surface area contributed by atoms with Crippen molar-refractivity contribution in [3.8, 4) is 17.2 Å². The number of aryl methyl sites for hydroxylation is 1. The Hall–Kier alpha value is -2.67. The zero-order valence-electron chi connectivity index (χ0n) is 14.3. The van der Waals surface area contributed by atoms with Crippen LogP contribution in [0, 0.1) is 6.92 Å². The third kappa shape index (κ3) is 3.94. The number of hydrogen-bond acceptors (Lipinski definition) is 7. The summed E-state index contributed by atoms with van der Waals surface area (Å²) in [5.41, 5.74) is 1.21. The second kappa shape index (κ2) is 7.70. The fourth-order valence-electron chi connectivity index (χ4n) is 2.47. The minimum Gasteiger partial charge on any atom is -0.493 e. The van der Waals surface area contributed by atoms with Crippen LogP contribution in [0.4, 0.5) is 0 Å². The van der Waals surface area contributed by atoms with Gasteiger partial charge in [0, 0.05) is 5.75 Å². The van der Waals surface area contributed by atoms with Gasteiger partial charge in [-0.1, -0.05) is 41.6 Å². The van der Waals surface area contributed by atoms with Crippen LogP contribution < -0.4 is 14.2 Å². The van der Waals surface area contributed by atoms with Gasteiger partial charge in [0.05, 0.1) is 6.61 Å². The van der Waals surface area contributed by atoms with Crippen molar-refractivity contribution in [2.24, 2.45) is 0 Å². The van der Waals surface area contributed by atoms with Crippen LogP contribution >= 0.6 is 11.8 Å². The molecule has 134 valence electrons. The Balaban J connectivity index is 1.28. The summed E-state index contributed by atoms with van der Waals surface area (Å²) in [5.74, 6) is 3.39. The molecular weight excluding hydrogens is 352 g/mol. The maximum Gasteiger partial charge on any atom is 0.276 e. The number of aromatic nitrogens is 2. The molecule has 0 fully saturated rings. The predicted molar refractivity (Wildman–Crippen MR) is 97.0 cm³/mol. The number of para-hydroxylation sites is 2. The molecule has 0 spiro atoms. The highest BCUT2D eigenvalue weighted by Crippen LogP contribution is 2.35. The molecule has 0 unspecified atom stereocenters. The molecule has 3 aromatic rings. The Morgan fingerprint density at radius 1 is 1.08 bits per heavy atom. The topological polar surface area (TPSA) is 66.6 Å². The fourth-order valence-corrected chi connectivity index (χ4v) is 3.06. The number of benzene rings is 2. The summed E-state index contributed by atoms with van der Waals surface area (Å²) in [4.78, 5) is 0. The average Bonchev–Trinajstić information content (AvgIpc) is 3.15. The van der Waals surface area contributed by atoms with Crippen LogP contribution in [0.2, 0.25) is 0 Å². The van der Waals surface area contributed by atoms with Crippen molar-refractivity contribution in [1.82, 2.24) is 10.2 Å². The van der Waals surface area contributed by atoms with Crippen LogP contribution in [0.3, 0.4) is 0 Å². The molecule has 0 saturated heterocycles. The van der Waals surface area contributed by atoms with E-state index in [1.807, 2.05) is 55.5 Å². The van der Waals surface area contributed by atoms with Crippen LogP contribution in [0.1, 0.15) is 17.6 Å². The van der Waals surface area contributed by atoms with E-state index in [-0.39, 0.29) is 0 Å². The molecule has 0 aliphatic carbocycles. The van der Waals surface area contributed by atoms with E-state index in [0.29, 0.717) is 35.8 Å². The summed E-state index contributed by atoms with van der Waals surface area (Å²) >= 11 is 1.45. The number of thioether (sulfide) groups is 1. The predicted octanol–water partition coefficient (Wildman–Crippen LogP) is 4.06. The Kier molecular flexibility index (Phi) is 4.97. The molecule has 0 bridgehead atoms. The van der Waals surface area contributed by atoms with E-state index in [9.17, 15) is 0 Å². The largest absolute Gasteiger partial charge is 0.493 e. The minimum absolute atomic E-state index is 0.347. The van der Waals surface area contributed by atoms with Crippen molar-refractivity contribution in [1.29, 1.82) is 0 Å². The van der Waals surface area contributed by atoms with Crippen LogP contribution in [0.15, 0.2) is 58.2 Å². The quantitative estimate of drug-likeness (QED) is 0.479. The smallest absolute Gasteiger partial charge is 0.276 e. The fraction of sp³-hybridized carbons (Fsp3) is 0.263. The molecule has 4 rings (SSSR count). The number of ether oxygens (including phenoxy) is 3. The zero-order valence-corrected chi connectivity index (χ0v) is 15.1. The first-order valence-corrected chi connectivity index (χ1v) is 9.30. The lowest BCUT2D eigenvalue weighted by atomic mass is 10.2. The molecule has 1 aromatic heterocycles. The first-order chi connectivity index (χ1) is 12.8. The van der Waals surface area contributed by atoms with E-state index in [2.05, 4.69) is 10.2 Å². The highest BCUT2D eigenvalue weighted by atomic mass is 32.2. The molecule has 2 heterocycles. The summed E-state index contributed by atoms with van der Waals surface area (Å²) < 4.78 is 22.9. The maximum absolute atomic E-state index is 5.87. The summed E-state index contributed by atoms with van der Waals surface area (Å²) in [6.45, 7) is 2.95. The second-order valence-electron chi connectivity index (χ2n) is 5.78. The van der Waals surface area contributed by atoms with Gasteiger partial charge >= 0.3 is 0 Å². The van der Waals surface area contributed by atoms with Gasteiger partial charge in [0.15, 0.2) is 11.5 Å². The van der Waals surface area contributed by atoms with Gasteiger partial charge in [-0.2, -0.15) is 0 Å². The summed E-state index contributed by atoms with van der Waals surface area (Å²) in [7, 11) is 0. The Labute approximate surface area is 155 Å². The summed E-state index contributed by atoms with van der Waals surface area (Å²) in [6, 6.07) is 15.5. The lowest BCUT2D eigenvalue weighted by Gasteiger charge is -2.23. The third-order valence-corrected chi connectivity index (χ3v) is 4.59. The van der Waals surface area contributed by atoms with Gasteiger partial charge in [-0.05, 0) is 31.2 Å². The first kappa shape index (κ1) is 16.8. The number of rotatable bonds is 6. The van der Waals surface area contributed by atoms with E-state index < -0.39 is 6.10 Å². The molecule has 1 atom stereocenters. The van der Waals surface area contributed by atoms with Crippen molar-refractivity contribution >= 4 is 11.8 Å². The summed E-state index contributed by atoms with van der Waals surface area (Å²) in [6.07, 6.45) is -0.393. The molecule has 7 heteroatoms. The Morgan fingerprint density at radius 2 is 1.88 bits per heavy atom. The van der Waals surface area contributed by atoms with Crippen molar-refractivity contribution < 1.29 is 18.6 Å². The minimum atomic E-state index is -0.393.